The Morgan fingerprint density at radius 2 is 1.74 bits per heavy atom. The van der Waals surface area contributed by atoms with E-state index in [1.165, 1.54) is 17.3 Å². The van der Waals surface area contributed by atoms with E-state index in [9.17, 15) is 8.42 Å². The summed E-state index contributed by atoms with van der Waals surface area (Å²) in [6.45, 7) is 2.53. The topological polar surface area (TPSA) is 67.6 Å². The van der Waals surface area contributed by atoms with Crippen LogP contribution in [0.2, 0.25) is 0 Å². The van der Waals surface area contributed by atoms with Crippen molar-refractivity contribution >= 4 is 27.2 Å². The monoisotopic (exact) mass is 450 g/mol. The van der Waals surface area contributed by atoms with Crippen LogP contribution in [0.4, 0.5) is 0 Å². The molecule has 0 N–H and O–H groups in total. The van der Waals surface area contributed by atoms with Crippen LogP contribution in [0.1, 0.15) is 16.8 Å². The third-order valence-electron chi connectivity index (χ3n) is 5.58. The number of benzene rings is 2. The van der Waals surface area contributed by atoms with Crippen molar-refractivity contribution < 1.29 is 8.42 Å². The van der Waals surface area contributed by atoms with Crippen molar-refractivity contribution in [3.63, 3.8) is 0 Å². The lowest BCUT2D eigenvalue weighted by molar-refractivity contribution is 0.241. The van der Waals surface area contributed by atoms with E-state index in [0.29, 0.717) is 10.7 Å². The zero-order valence-corrected chi connectivity index (χ0v) is 18.7. The SMILES string of the molecule is CSc1nn2c3c(cnc2c1S(=O)(=O)c1ccccc1)CN(Cc1ccccc1)CC3. The van der Waals surface area contributed by atoms with Crippen LogP contribution in [0.3, 0.4) is 0 Å². The highest BCUT2D eigenvalue weighted by Gasteiger charge is 2.30. The Kier molecular flexibility index (Phi) is 5.29. The van der Waals surface area contributed by atoms with Crippen molar-refractivity contribution in [3.05, 3.63) is 83.7 Å². The van der Waals surface area contributed by atoms with E-state index in [0.717, 1.165) is 37.3 Å². The number of aromatic nitrogens is 3. The maximum atomic E-state index is 13.4. The molecule has 0 bridgehead atoms. The van der Waals surface area contributed by atoms with Gasteiger partial charge >= 0.3 is 0 Å². The molecule has 0 aliphatic carbocycles. The van der Waals surface area contributed by atoms with Crippen molar-refractivity contribution in [2.75, 3.05) is 12.8 Å². The van der Waals surface area contributed by atoms with E-state index >= 15 is 0 Å². The van der Waals surface area contributed by atoms with Gasteiger partial charge in [-0.3, -0.25) is 4.90 Å². The van der Waals surface area contributed by atoms with Gasteiger partial charge in [0.15, 0.2) is 10.5 Å². The highest BCUT2D eigenvalue weighted by molar-refractivity contribution is 7.99. The fraction of sp³-hybridized carbons (Fsp3) is 0.217. The van der Waals surface area contributed by atoms with Crippen molar-refractivity contribution in [1.82, 2.24) is 19.5 Å². The van der Waals surface area contributed by atoms with Crippen LogP contribution in [-0.4, -0.2) is 40.7 Å². The second-order valence-electron chi connectivity index (χ2n) is 7.57. The van der Waals surface area contributed by atoms with E-state index in [-0.39, 0.29) is 9.79 Å². The van der Waals surface area contributed by atoms with Crippen molar-refractivity contribution in [2.24, 2.45) is 0 Å². The molecule has 1 aliphatic rings. The largest absolute Gasteiger partial charge is 0.294 e. The van der Waals surface area contributed by atoms with E-state index < -0.39 is 9.84 Å². The van der Waals surface area contributed by atoms with Crippen LogP contribution in [0.5, 0.6) is 0 Å². The average molecular weight is 451 g/mol. The summed E-state index contributed by atoms with van der Waals surface area (Å²) in [6.07, 6.45) is 4.46. The molecule has 2 aromatic carbocycles. The second kappa shape index (κ2) is 8.11. The molecule has 5 rings (SSSR count). The Labute approximate surface area is 185 Å². The van der Waals surface area contributed by atoms with Crippen LogP contribution in [0.25, 0.3) is 5.65 Å². The quantitative estimate of drug-likeness (QED) is 0.431. The molecule has 8 heteroatoms. The molecule has 0 fully saturated rings. The summed E-state index contributed by atoms with van der Waals surface area (Å²) in [4.78, 5) is 7.41. The molecule has 0 spiro atoms. The van der Waals surface area contributed by atoms with Crippen LogP contribution in [0, 0.1) is 0 Å². The summed E-state index contributed by atoms with van der Waals surface area (Å²) in [5.41, 5.74) is 3.82. The van der Waals surface area contributed by atoms with Gasteiger partial charge in [0.2, 0.25) is 9.84 Å². The second-order valence-corrected chi connectivity index (χ2v) is 10.2. The van der Waals surface area contributed by atoms with E-state index in [2.05, 4.69) is 39.2 Å². The van der Waals surface area contributed by atoms with Crippen LogP contribution < -0.4 is 0 Å². The van der Waals surface area contributed by atoms with Gasteiger partial charge in [-0.15, -0.1) is 11.8 Å². The number of rotatable bonds is 5. The Morgan fingerprint density at radius 3 is 2.45 bits per heavy atom. The number of hydrogen-bond donors (Lipinski definition) is 0. The fourth-order valence-corrected chi connectivity index (χ4v) is 6.49. The van der Waals surface area contributed by atoms with Crippen molar-refractivity contribution in [2.45, 2.75) is 34.3 Å². The standard InChI is InChI=1S/C23H22N4O2S2/c1-30-23-21(31(28,29)19-10-6-3-7-11-19)22-24-14-18-16-26(13-12-20(18)27(22)25-23)15-17-8-4-2-5-9-17/h2-11,14H,12-13,15-16H2,1H3. The summed E-state index contributed by atoms with van der Waals surface area (Å²) in [7, 11) is -3.72. The van der Waals surface area contributed by atoms with Gasteiger partial charge in [0, 0.05) is 37.8 Å². The highest BCUT2D eigenvalue weighted by Crippen LogP contribution is 2.33. The highest BCUT2D eigenvalue weighted by atomic mass is 32.2. The minimum Gasteiger partial charge on any atom is -0.294 e. The van der Waals surface area contributed by atoms with E-state index in [4.69, 9.17) is 0 Å². The predicted molar refractivity (Wildman–Crippen MR) is 121 cm³/mol. The lowest BCUT2D eigenvalue weighted by Gasteiger charge is -2.28. The minimum atomic E-state index is -3.72. The summed E-state index contributed by atoms with van der Waals surface area (Å²) < 4.78 is 28.5. The van der Waals surface area contributed by atoms with Gasteiger partial charge in [0.1, 0.15) is 5.03 Å². The molecule has 158 valence electrons. The molecular weight excluding hydrogens is 428 g/mol. The first-order valence-corrected chi connectivity index (χ1v) is 12.8. The molecule has 31 heavy (non-hydrogen) atoms. The maximum absolute atomic E-state index is 13.4. The smallest absolute Gasteiger partial charge is 0.213 e. The Hall–Kier alpha value is -2.68. The molecule has 0 radical (unpaired) electrons. The van der Waals surface area contributed by atoms with E-state index in [1.54, 1.807) is 34.8 Å². The molecule has 3 heterocycles. The van der Waals surface area contributed by atoms with Crippen molar-refractivity contribution in [3.8, 4) is 0 Å². The molecule has 0 atom stereocenters. The molecule has 1 aliphatic heterocycles. The Bertz CT molecular complexity index is 1340. The number of hydrogen-bond acceptors (Lipinski definition) is 6. The van der Waals surface area contributed by atoms with Gasteiger partial charge in [-0.05, 0) is 24.0 Å². The summed E-state index contributed by atoms with van der Waals surface area (Å²) in [5.74, 6) is 0. The number of fused-ring (bicyclic) bond motifs is 3. The summed E-state index contributed by atoms with van der Waals surface area (Å²) in [6, 6.07) is 18.9. The lowest BCUT2D eigenvalue weighted by atomic mass is 10.1. The average Bonchev–Trinajstić information content (AvgIpc) is 3.20. The molecule has 2 aromatic heterocycles. The number of thioether (sulfide) groups is 1. The van der Waals surface area contributed by atoms with Gasteiger partial charge < -0.3 is 0 Å². The third-order valence-corrected chi connectivity index (χ3v) is 8.19. The summed E-state index contributed by atoms with van der Waals surface area (Å²) >= 11 is 1.33. The maximum Gasteiger partial charge on any atom is 0.213 e. The molecule has 0 amide bonds. The van der Waals surface area contributed by atoms with Crippen LogP contribution in [0.15, 0.2) is 81.7 Å². The molecule has 0 unspecified atom stereocenters. The van der Waals surface area contributed by atoms with Gasteiger partial charge in [0.25, 0.3) is 0 Å². The first-order valence-electron chi connectivity index (χ1n) is 10.1. The predicted octanol–water partition coefficient (Wildman–Crippen LogP) is 3.84. The van der Waals surface area contributed by atoms with Crippen molar-refractivity contribution in [1.29, 1.82) is 0 Å². The minimum absolute atomic E-state index is 0.195. The van der Waals surface area contributed by atoms with Gasteiger partial charge in [-0.25, -0.2) is 17.9 Å². The first kappa shape index (κ1) is 20.2. The van der Waals surface area contributed by atoms with Gasteiger partial charge in [-0.1, -0.05) is 48.5 Å². The zero-order valence-electron chi connectivity index (χ0n) is 17.1. The third kappa shape index (κ3) is 3.64. The van der Waals surface area contributed by atoms with E-state index in [1.807, 2.05) is 18.5 Å². The van der Waals surface area contributed by atoms with Crippen LogP contribution in [-0.2, 0) is 29.3 Å². The van der Waals surface area contributed by atoms with Crippen LogP contribution >= 0.6 is 11.8 Å². The molecule has 6 nitrogen and oxygen atoms in total. The first-order chi connectivity index (χ1) is 15.1. The molecule has 0 saturated carbocycles. The van der Waals surface area contributed by atoms with Gasteiger partial charge in [0.05, 0.1) is 10.6 Å². The van der Waals surface area contributed by atoms with Gasteiger partial charge in [-0.2, -0.15) is 5.10 Å². The Balaban J connectivity index is 1.55. The fourth-order valence-electron chi connectivity index (χ4n) is 4.07. The molecular formula is C23H22N4O2S2. The number of nitrogens with zero attached hydrogens (tertiary/aromatic N) is 4. The Morgan fingerprint density at radius 1 is 1.03 bits per heavy atom. The summed E-state index contributed by atoms with van der Waals surface area (Å²) in [5, 5.41) is 5.15. The number of sulfone groups is 1. The lowest BCUT2D eigenvalue weighted by Crippen LogP contribution is -2.31. The zero-order chi connectivity index (χ0) is 21.4. The normalized spacial score (nSPS) is 14.6. The molecule has 0 saturated heterocycles. The molecule has 4 aromatic rings.